The van der Waals surface area contributed by atoms with E-state index in [1.54, 1.807) is 0 Å². The molecule has 1 amide bonds. The fourth-order valence-electron chi connectivity index (χ4n) is 1.90. The largest absolute Gasteiger partial charge is 0.348 e. The lowest BCUT2D eigenvalue weighted by molar-refractivity contribution is -0.124. The van der Waals surface area contributed by atoms with Crippen LogP contribution in [0.4, 0.5) is 0 Å². The van der Waals surface area contributed by atoms with E-state index in [4.69, 9.17) is 17.3 Å². The van der Waals surface area contributed by atoms with E-state index in [9.17, 15) is 4.79 Å². The van der Waals surface area contributed by atoms with Crippen LogP contribution >= 0.6 is 11.6 Å². The van der Waals surface area contributed by atoms with Crippen molar-refractivity contribution in [1.29, 1.82) is 0 Å². The number of hydrogen-bond acceptors (Lipinski definition) is 2. The van der Waals surface area contributed by atoms with E-state index in [1.165, 1.54) is 0 Å². The van der Waals surface area contributed by atoms with Gasteiger partial charge in [-0.25, -0.2) is 0 Å². The normalized spacial score (nSPS) is 15.6. The predicted octanol–water partition coefficient (Wildman–Crippen LogP) is 3.28. The molecule has 1 aromatic rings. The molecule has 0 radical (unpaired) electrons. The van der Waals surface area contributed by atoms with Gasteiger partial charge in [0.15, 0.2) is 0 Å². The Kier molecular flexibility index (Phi) is 6.32. The Labute approximate surface area is 120 Å². The van der Waals surface area contributed by atoms with Crippen molar-refractivity contribution in [2.24, 2.45) is 11.7 Å². The Balaban J connectivity index is 2.72. The third-order valence-electron chi connectivity index (χ3n) is 3.56. The molecule has 0 fully saturated rings. The molecule has 106 valence electrons. The van der Waals surface area contributed by atoms with Gasteiger partial charge < -0.3 is 11.1 Å². The van der Waals surface area contributed by atoms with Crippen LogP contribution in [0.1, 0.15) is 45.2 Å². The van der Waals surface area contributed by atoms with Crippen LogP contribution < -0.4 is 11.1 Å². The highest BCUT2D eigenvalue weighted by Crippen LogP contribution is 2.19. The molecule has 19 heavy (non-hydrogen) atoms. The second-order valence-corrected chi connectivity index (χ2v) is 5.37. The molecule has 3 unspecified atom stereocenters. The lowest BCUT2D eigenvalue weighted by Crippen LogP contribution is -2.45. The van der Waals surface area contributed by atoms with Crippen LogP contribution in [0.2, 0.25) is 5.02 Å². The number of nitrogens with two attached hydrogens (primary N) is 1. The average molecular weight is 283 g/mol. The molecule has 0 bridgehead atoms. The molecule has 0 saturated heterocycles. The molecule has 0 aliphatic rings. The van der Waals surface area contributed by atoms with E-state index < -0.39 is 6.04 Å². The van der Waals surface area contributed by atoms with Gasteiger partial charge in [0.05, 0.1) is 12.1 Å². The summed E-state index contributed by atoms with van der Waals surface area (Å²) in [5.41, 5.74) is 7.00. The van der Waals surface area contributed by atoms with E-state index in [0.29, 0.717) is 5.02 Å². The molecule has 4 heteroatoms. The number of carbonyl (C=O) groups excluding carboxylic acids is 1. The smallest absolute Gasteiger partial charge is 0.237 e. The van der Waals surface area contributed by atoms with E-state index >= 15 is 0 Å². The number of rotatable bonds is 6. The number of halogens is 1. The van der Waals surface area contributed by atoms with E-state index in [-0.39, 0.29) is 17.9 Å². The summed E-state index contributed by atoms with van der Waals surface area (Å²) in [4.78, 5) is 12.1. The molecule has 0 heterocycles. The monoisotopic (exact) mass is 282 g/mol. The number of amides is 1. The molecule has 0 saturated carbocycles. The summed E-state index contributed by atoms with van der Waals surface area (Å²) in [5.74, 6) is 0.0962. The van der Waals surface area contributed by atoms with Gasteiger partial charge in [-0.15, -0.1) is 0 Å². The summed E-state index contributed by atoms with van der Waals surface area (Å²) in [6.07, 6.45) is 1.72. The summed E-state index contributed by atoms with van der Waals surface area (Å²) >= 11 is 5.87. The first kappa shape index (κ1) is 16.0. The summed E-state index contributed by atoms with van der Waals surface area (Å²) in [6.45, 7) is 6.07. The zero-order valence-corrected chi connectivity index (χ0v) is 12.6. The summed E-state index contributed by atoms with van der Waals surface area (Å²) in [6, 6.07) is 7.07. The van der Waals surface area contributed by atoms with Crippen molar-refractivity contribution in [3.63, 3.8) is 0 Å². The van der Waals surface area contributed by atoms with Gasteiger partial charge in [-0.3, -0.25) is 4.79 Å². The maximum absolute atomic E-state index is 12.1. The molecule has 1 rings (SSSR count). The molecule has 3 N–H and O–H groups in total. The quantitative estimate of drug-likeness (QED) is 0.841. The Hall–Kier alpha value is -1.06. The minimum absolute atomic E-state index is 0.0140. The van der Waals surface area contributed by atoms with Gasteiger partial charge >= 0.3 is 0 Å². The number of carbonyl (C=O) groups is 1. The Morgan fingerprint density at radius 1 is 1.26 bits per heavy atom. The average Bonchev–Trinajstić information content (AvgIpc) is 2.43. The van der Waals surface area contributed by atoms with Gasteiger partial charge in [-0.2, -0.15) is 0 Å². The van der Waals surface area contributed by atoms with Crippen molar-refractivity contribution in [2.45, 2.75) is 45.7 Å². The van der Waals surface area contributed by atoms with Gasteiger partial charge in [0.25, 0.3) is 0 Å². The van der Waals surface area contributed by atoms with Crippen molar-refractivity contribution in [3.8, 4) is 0 Å². The summed E-state index contributed by atoms with van der Waals surface area (Å²) < 4.78 is 0. The first-order chi connectivity index (χ1) is 8.99. The standard InChI is InChI=1S/C15H23ClN2O/c1-4-10(3)14(17)15(19)18-13(5-2)11-6-8-12(16)9-7-11/h6-10,13-14H,4-5,17H2,1-3H3,(H,18,19). The topological polar surface area (TPSA) is 55.1 Å². The van der Waals surface area contributed by atoms with Crippen LogP contribution in [0.25, 0.3) is 0 Å². The highest BCUT2D eigenvalue weighted by atomic mass is 35.5. The second kappa shape index (κ2) is 7.51. The lowest BCUT2D eigenvalue weighted by Gasteiger charge is -2.23. The zero-order valence-electron chi connectivity index (χ0n) is 11.8. The third kappa shape index (κ3) is 4.51. The Morgan fingerprint density at radius 2 is 1.84 bits per heavy atom. The van der Waals surface area contributed by atoms with Crippen molar-refractivity contribution in [1.82, 2.24) is 5.32 Å². The maximum Gasteiger partial charge on any atom is 0.237 e. The van der Waals surface area contributed by atoms with Crippen molar-refractivity contribution < 1.29 is 4.79 Å². The SMILES string of the molecule is CCC(NC(=O)C(N)C(C)CC)c1ccc(Cl)cc1. The second-order valence-electron chi connectivity index (χ2n) is 4.93. The Bertz CT molecular complexity index is 405. The van der Waals surface area contributed by atoms with Crippen LogP contribution in [0.3, 0.4) is 0 Å². The van der Waals surface area contributed by atoms with Gasteiger partial charge in [-0.05, 0) is 30.0 Å². The van der Waals surface area contributed by atoms with Crippen molar-refractivity contribution in [2.75, 3.05) is 0 Å². The highest BCUT2D eigenvalue weighted by molar-refractivity contribution is 6.30. The van der Waals surface area contributed by atoms with Crippen LogP contribution in [0.5, 0.6) is 0 Å². The van der Waals surface area contributed by atoms with Gasteiger partial charge in [-0.1, -0.05) is 50.9 Å². The maximum atomic E-state index is 12.1. The minimum atomic E-state index is -0.452. The lowest BCUT2D eigenvalue weighted by atomic mass is 9.98. The number of nitrogens with one attached hydrogen (secondary N) is 1. The molecule has 0 aromatic heterocycles. The molecular weight excluding hydrogens is 260 g/mol. The Morgan fingerprint density at radius 3 is 2.32 bits per heavy atom. The fourth-order valence-corrected chi connectivity index (χ4v) is 2.02. The van der Waals surface area contributed by atoms with Crippen LogP contribution in [-0.2, 0) is 4.79 Å². The molecule has 1 aromatic carbocycles. The van der Waals surface area contributed by atoms with Crippen molar-refractivity contribution >= 4 is 17.5 Å². The highest BCUT2D eigenvalue weighted by Gasteiger charge is 2.22. The zero-order chi connectivity index (χ0) is 14.4. The van der Waals surface area contributed by atoms with Gasteiger partial charge in [0.2, 0.25) is 5.91 Å². The number of benzene rings is 1. The van der Waals surface area contributed by atoms with Gasteiger partial charge in [0, 0.05) is 5.02 Å². The van der Waals surface area contributed by atoms with Crippen molar-refractivity contribution in [3.05, 3.63) is 34.9 Å². The molecule has 0 spiro atoms. The fraction of sp³-hybridized carbons (Fsp3) is 0.533. The minimum Gasteiger partial charge on any atom is -0.348 e. The summed E-state index contributed by atoms with van der Waals surface area (Å²) in [5, 5.41) is 3.71. The number of hydrogen-bond donors (Lipinski definition) is 2. The predicted molar refractivity (Wildman–Crippen MR) is 80.1 cm³/mol. The summed E-state index contributed by atoms with van der Waals surface area (Å²) in [7, 11) is 0. The third-order valence-corrected chi connectivity index (χ3v) is 3.81. The molecule has 3 atom stereocenters. The molecular formula is C15H23ClN2O. The molecule has 0 aliphatic carbocycles. The molecule has 0 aliphatic heterocycles. The van der Waals surface area contributed by atoms with Gasteiger partial charge in [0.1, 0.15) is 0 Å². The van der Waals surface area contributed by atoms with Crippen LogP contribution in [0.15, 0.2) is 24.3 Å². The van der Waals surface area contributed by atoms with E-state index in [1.807, 2.05) is 45.0 Å². The van der Waals surface area contributed by atoms with E-state index in [0.717, 1.165) is 18.4 Å². The first-order valence-electron chi connectivity index (χ1n) is 6.81. The van der Waals surface area contributed by atoms with Crippen LogP contribution in [-0.4, -0.2) is 11.9 Å². The van der Waals surface area contributed by atoms with E-state index in [2.05, 4.69) is 5.32 Å². The van der Waals surface area contributed by atoms with Crippen LogP contribution in [0, 0.1) is 5.92 Å². The first-order valence-corrected chi connectivity index (χ1v) is 7.18. The molecule has 3 nitrogen and oxygen atoms in total.